The first-order valence-electron chi connectivity index (χ1n) is 4.26. The summed E-state index contributed by atoms with van der Waals surface area (Å²) in [6.07, 6.45) is 4.35. The fourth-order valence-electron chi connectivity index (χ4n) is 1.90. The van der Waals surface area contributed by atoms with E-state index in [1.54, 1.807) is 0 Å². The Labute approximate surface area is 67.2 Å². The van der Waals surface area contributed by atoms with Crippen LogP contribution in [0.3, 0.4) is 0 Å². The average Bonchev–Trinajstić information content (AvgIpc) is 2.06. The molecule has 3 atom stereocenters. The molecule has 11 heavy (non-hydrogen) atoms. The molecule has 0 aliphatic carbocycles. The van der Waals surface area contributed by atoms with E-state index >= 15 is 0 Å². The van der Waals surface area contributed by atoms with Crippen molar-refractivity contribution in [3.8, 4) is 0 Å². The lowest BCUT2D eigenvalue weighted by Crippen LogP contribution is -2.39. The molecule has 2 unspecified atom stereocenters. The first kappa shape index (κ1) is 7.32. The molecule has 0 N–H and O–H groups in total. The van der Waals surface area contributed by atoms with Crippen molar-refractivity contribution in [3.63, 3.8) is 0 Å². The molecule has 0 radical (unpaired) electrons. The van der Waals surface area contributed by atoms with Gasteiger partial charge in [-0.15, -0.1) is 6.58 Å². The van der Waals surface area contributed by atoms with E-state index in [4.69, 9.17) is 9.47 Å². The van der Waals surface area contributed by atoms with Crippen LogP contribution >= 0.6 is 0 Å². The topological polar surface area (TPSA) is 18.5 Å². The fourth-order valence-corrected chi connectivity index (χ4v) is 1.90. The highest BCUT2D eigenvalue weighted by molar-refractivity contribution is 4.89. The highest BCUT2D eigenvalue weighted by atomic mass is 16.7. The second kappa shape index (κ2) is 2.95. The molecule has 2 aliphatic heterocycles. The zero-order valence-electron chi connectivity index (χ0n) is 6.66. The van der Waals surface area contributed by atoms with Gasteiger partial charge in [0.05, 0.1) is 13.2 Å². The van der Waals surface area contributed by atoms with Crippen LogP contribution in [-0.4, -0.2) is 19.5 Å². The number of rotatable bonds is 1. The summed E-state index contributed by atoms with van der Waals surface area (Å²) < 4.78 is 10.8. The SMILES string of the molecule is C=C[C@@H]1COC2CC1CCO2. The second-order valence-corrected chi connectivity index (χ2v) is 3.32. The van der Waals surface area contributed by atoms with Gasteiger partial charge in [-0.2, -0.15) is 0 Å². The second-order valence-electron chi connectivity index (χ2n) is 3.32. The third kappa shape index (κ3) is 1.33. The Bertz CT molecular complexity index is 156. The Morgan fingerprint density at radius 2 is 2.27 bits per heavy atom. The van der Waals surface area contributed by atoms with Gasteiger partial charge in [-0.1, -0.05) is 6.08 Å². The van der Waals surface area contributed by atoms with Crippen molar-refractivity contribution < 1.29 is 9.47 Å². The molecule has 2 rings (SSSR count). The predicted octanol–water partition coefficient (Wildman–Crippen LogP) is 1.57. The van der Waals surface area contributed by atoms with E-state index in [9.17, 15) is 0 Å². The Morgan fingerprint density at radius 1 is 1.36 bits per heavy atom. The van der Waals surface area contributed by atoms with Gasteiger partial charge in [-0.25, -0.2) is 0 Å². The van der Waals surface area contributed by atoms with Crippen LogP contribution in [0.2, 0.25) is 0 Å². The summed E-state index contributed by atoms with van der Waals surface area (Å²) in [5.74, 6) is 1.33. The molecule has 2 fully saturated rings. The third-order valence-corrected chi connectivity index (χ3v) is 2.67. The number of hydrogen-bond donors (Lipinski definition) is 0. The van der Waals surface area contributed by atoms with Crippen LogP contribution in [0, 0.1) is 11.8 Å². The summed E-state index contributed by atoms with van der Waals surface area (Å²) in [6.45, 7) is 5.48. The predicted molar refractivity (Wildman–Crippen MR) is 42.1 cm³/mol. The molecule has 2 aliphatic rings. The molecule has 0 aromatic carbocycles. The summed E-state index contributed by atoms with van der Waals surface area (Å²) in [6, 6.07) is 0. The van der Waals surface area contributed by atoms with Crippen LogP contribution in [0.1, 0.15) is 12.8 Å². The first-order valence-corrected chi connectivity index (χ1v) is 4.26. The van der Waals surface area contributed by atoms with Gasteiger partial charge in [0, 0.05) is 12.3 Å². The lowest BCUT2D eigenvalue weighted by molar-refractivity contribution is -0.213. The molecule has 0 aromatic heterocycles. The van der Waals surface area contributed by atoms with Crippen molar-refractivity contribution in [1.29, 1.82) is 0 Å². The first-order chi connectivity index (χ1) is 5.40. The van der Waals surface area contributed by atoms with E-state index < -0.39 is 0 Å². The van der Waals surface area contributed by atoms with Gasteiger partial charge in [-0.3, -0.25) is 0 Å². The molecular formula is C9H14O2. The van der Waals surface area contributed by atoms with Gasteiger partial charge < -0.3 is 9.47 Å². The third-order valence-electron chi connectivity index (χ3n) is 2.67. The highest BCUT2D eigenvalue weighted by Gasteiger charge is 2.32. The smallest absolute Gasteiger partial charge is 0.157 e. The lowest BCUT2D eigenvalue weighted by Gasteiger charge is -2.38. The Kier molecular flexibility index (Phi) is 1.96. The minimum Gasteiger partial charge on any atom is -0.353 e. The van der Waals surface area contributed by atoms with E-state index in [0.717, 1.165) is 25.6 Å². The number of ether oxygens (including phenoxy) is 2. The van der Waals surface area contributed by atoms with Crippen molar-refractivity contribution in [3.05, 3.63) is 12.7 Å². The maximum absolute atomic E-state index is 5.46. The standard InChI is InChI=1S/C9H14O2/c1-2-7-6-11-9-5-8(7)3-4-10-9/h2,7-9H,1,3-6H2/t7-,8?,9?/m1/s1. The molecule has 0 spiro atoms. The Balaban J connectivity index is 2.02. The summed E-state index contributed by atoms with van der Waals surface area (Å²) in [4.78, 5) is 0. The lowest BCUT2D eigenvalue weighted by atomic mass is 9.84. The molecule has 62 valence electrons. The van der Waals surface area contributed by atoms with Crippen molar-refractivity contribution in [2.45, 2.75) is 19.1 Å². The van der Waals surface area contributed by atoms with Crippen LogP contribution in [0.15, 0.2) is 12.7 Å². The van der Waals surface area contributed by atoms with Crippen LogP contribution < -0.4 is 0 Å². The summed E-state index contributed by atoms with van der Waals surface area (Å²) in [5.41, 5.74) is 0. The van der Waals surface area contributed by atoms with Gasteiger partial charge >= 0.3 is 0 Å². The maximum atomic E-state index is 5.46. The van der Waals surface area contributed by atoms with E-state index in [1.165, 1.54) is 6.42 Å². The van der Waals surface area contributed by atoms with Crippen molar-refractivity contribution in [2.24, 2.45) is 11.8 Å². The van der Waals surface area contributed by atoms with E-state index in [0.29, 0.717) is 5.92 Å². The van der Waals surface area contributed by atoms with E-state index in [1.807, 2.05) is 6.08 Å². The van der Waals surface area contributed by atoms with E-state index in [2.05, 4.69) is 6.58 Å². The van der Waals surface area contributed by atoms with Crippen LogP contribution in [0.25, 0.3) is 0 Å². The molecule has 2 saturated heterocycles. The quantitative estimate of drug-likeness (QED) is 0.534. The van der Waals surface area contributed by atoms with Gasteiger partial charge in [0.1, 0.15) is 0 Å². The fraction of sp³-hybridized carbons (Fsp3) is 0.778. The number of fused-ring (bicyclic) bond motifs is 2. The molecule has 0 aromatic rings. The van der Waals surface area contributed by atoms with Gasteiger partial charge in [0.2, 0.25) is 0 Å². The average molecular weight is 154 g/mol. The summed E-state index contributed by atoms with van der Waals surface area (Å²) in [5, 5.41) is 0. The molecule has 0 saturated carbocycles. The van der Waals surface area contributed by atoms with Crippen LogP contribution in [-0.2, 0) is 9.47 Å². The minimum absolute atomic E-state index is 0.0879. The minimum atomic E-state index is 0.0879. The normalized spacial score (nSPS) is 43.5. The Morgan fingerprint density at radius 3 is 3.09 bits per heavy atom. The highest BCUT2D eigenvalue weighted by Crippen LogP contribution is 2.33. The zero-order valence-corrected chi connectivity index (χ0v) is 6.66. The zero-order chi connectivity index (χ0) is 7.68. The van der Waals surface area contributed by atoms with Crippen molar-refractivity contribution in [1.82, 2.24) is 0 Å². The number of hydrogen-bond acceptors (Lipinski definition) is 2. The molecule has 0 amide bonds. The van der Waals surface area contributed by atoms with Crippen molar-refractivity contribution in [2.75, 3.05) is 13.2 Å². The van der Waals surface area contributed by atoms with Gasteiger partial charge in [0.15, 0.2) is 6.29 Å². The molecule has 2 heterocycles. The maximum Gasteiger partial charge on any atom is 0.157 e. The summed E-state index contributed by atoms with van der Waals surface area (Å²) in [7, 11) is 0. The largest absolute Gasteiger partial charge is 0.353 e. The monoisotopic (exact) mass is 154 g/mol. The van der Waals surface area contributed by atoms with Crippen LogP contribution in [0.4, 0.5) is 0 Å². The molecule has 2 heteroatoms. The van der Waals surface area contributed by atoms with Gasteiger partial charge in [0.25, 0.3) is 0 Å². The molecular weight excluding hydrogens is 140 g/mol. The van der Waals surface area contributed by atoms with Crippen molar-refractivity contribution >= 4 is 0 Å². The summed E-state index contributed by atoms with van der Waals surface area (Å²) >= 11 is 0. The van der Waals surface area contributed by atoms with Crippen LogP contribution in [0.5, 0.6) is 0 Å². The molecule has 2 bridgehead atoms. The molecule has 2 nitrogen and oxygen atoms in total. The van der Waals surface area contributed by atoms with E-state index in [-0.39, 0.29) is 6.29 Å². The van der Waals surface area contributed by atoms with Gasteiger partial charge in [-0.05, 0) is 12.3 Å². The Hall–Kier alpha value is -0.340.